The summed E-state index contributed by atoms with van der Waals surface area (Å²) in [6.07, 6.45) is 0. The number of hydrogen-bond acceptors (Lipinski definition) is 5. The van der Waals surface area contributed by atoms with Crippen LogP contribution in [-0.4, -0.2) is 20.1 Å². The molecule has 0 fully saturated rings. The van der Waals surface area contributed by atoms with Crippen LogP contribution < -0.4 is 14.6 Å². The second-order valence-corrected chi connectivity index (χ2v) is 9.80. The minimum atomic E-state index is -3.81. The third-order valence-corrected chi connectivity index (χ3v) is 6.69. The number of benzene rings is 3. The van der Waals surface area contributed by atoms with Crippen molar-refractivity contribution >= 4 is 15.7 Å². The molecule has 0 bridgehead atoms. The van der Waals surface area contributed by atoms with E-state index < -0.39 is 10.0 Å². The van der Waals surface area contributed by atoms with Crippen molar-refractivity contribution in [1.29, 1.82) is 0 Å². The van der Waals surface area contributed by atoms with E-state index in [1.165, 1.54) is 10.4 Å². The minimum absolute atomic E-state index is 0.0998. The molecule has 33 heavy (non-hydrogen) atoms. The van der Waals surface area contributed by atoms with Crippen LogP contribution in [0.25, 0.3) is 11.3 Å². The van der Waals surface area contributed by atoms with Crippen LogP contribution in [0.4, 0.5) is 5.69 Å². The van der Waals surface area contributed by atoms with Gasteiger partial charge < -0.3 is 9.26 Å². The van der Waals surface area contributed by atoms with Gasteiger partial charge in [0.1, 0.15) is 11.5 Å². The number of nitrogens with zero attached hydrogens (tertiary/aromatic N) is 1. The van der Waals surface area contributed by atoms with Crippen molar-refractivity contribution in [3.05, 3.63) is 95.3 Å². The van der Waals surface area contributed by atoms with Crippen molar-refractivity contribution in [3.8, 4) is 22.8 Å². The molecule has 4 aromatic rings. The van der Waals surface area contributed by atoms with Crippen molar-refractivity contribution in [1.82, 2.24) is 5.16 Å². The van der Waals surface area contributed by atoms with Crippen LogP contribution in [0.3, 0.4) is 0 Å². The molecule has 8 heteroatoms. The number of nitrogens with one attached hydrogen (secondary N) is 1. The molecule has 0 amide bonds. The molecule has 1 aromatic heterocycles. The lowest BCUT2D eigenvalue weighted by molar-refractivity contribution is 0.426. The third kappa shape index (κ3) is 5.18. The van der Waals surface area contributed by atoms with Crippen molar-refractivity contribution in [2.24, 2.45) is 5.92 Å². The van der Waals surface area contributed by atoms with Crippen LogP contribution in [0.1, 0.15) is 13.8 Å². The Morgan fingerprint density at radius 3 is 2.12 bits per heavy atom. The van der Waals surface area contributed by atoms with Crippen molar-refractivity contribution in [2.45, 2.75) is 18.7 Å². The van der Waals surface area contributed by atoms with Gasteiger partial charge in [0.25, 0.3) is 15.6 Å². The Kier molecular flexibility index (Phi) is 6.37. The molecule has 170 valence electrons. The van der Waals surface area contributed by atoms with E-state index in [1.54, 1.807) is 48.5 Å². The van der Waals surface area contributed by atoms with Crippen molar-refractivity contribution in [3.63, 3.8) is 0 Å². The molecule has 0 spiro atoms. The summed E-state index contributed by atoms with van der Waals surface area (Å²) in [5.41, 5.74) is 0.856. The molecular weight excluding hydrogens is 440 g/mol. The van der Waals surface area contributed by atoms with Gasteiger partial charge in [-0.3, -0.25) is 9.10 Å². The van der Waals surface area contributed by atoms with Gasteiger partial charge in [-0.25, -0.2) is 8.42 Å². The molecule has 7 nitrogen and oxygen atoms in total. The van der Waals surface area contributed by atoms with E-state index in [0.717, 1.165) is 0 Å². The van der Waals surface area contributed by atoms with Gasteiger partial charge >= 0.3 is 0 Å². The van der Waals surface area contributed by atoms with Gasteiger partial charge in [-0.05, 0) is 66.6 Å². The minimum Gasteiger partial charge on any atom is -0.457 e. The average molecular weight is 465 g/mol. The van der Waals surface area contributed by atoms with Crippen LogP contribution >= 0.6 is 0 Å². The summed E-state index contributed by atoms with van der Waals surface area (Å²) in [7, 11) is -3.81. The number of H-pyrrole nitrogens is 1. The molecule has 0 aliphatic rings. The number of sulfonamides is 1. The molecule has 4 rings (SSSR count). The fourth-order valence-electron chi connectivity index (χ4n) is 3.32. The molecule has 0 unspecified atom stereocenters. The SMILES string of the molecule is CC(C)CN(c1ccc(-c2cc(=O)[nH]o2)cc1)S(=O)(=O)c1ccc(Oc2ccccc2)cc1. The Balaban J connectivity index is 1.61. The number of aromatic nitrogens is 1. The molecule has 0 atom stereocenters. The van der Waals surface area contributed by atoms with E-state index in [4.69, 9.17) is 9.26 Å². The Morgan fingerprint density at radius 2 is 1.55 bits per heavy atom. The number of aromatic amines is 1. The first-order chi connectivity index (χ1) is 15.8. The first-order valence-electron chi connectivity index (χ1n) is 10.5. The zero-order valence-corrected chi connectivity index (χ0v) is 19.1. The van der Waals surface area contributed by atoms with Gasteiger partial charge in [-0.1, -0.05) is 32.0 Å². The molecule has 0 saturated carbocycles. The third-order valence-electron chi connectivity index (χ3n) is 4.89. The molecule has 3 aromatic carbocycles. The smallest absolute Gasteiger partial charge is 0.280 e. The first kappa shape index (κ1) is 22.4. The maximum Gasteiger partial charge on any atom is 0.280 e. The number of para-hydroxylation sites is 1. The molecule has 0 saturated heterocycles. The van der Waals surface area contributed by atoms with Crippen molar-refractivity contribution < 1.29 is 17.7 Å². The van der Waals surface area contributed by atoms with Gasteiger partial charge in [0.05, 0.1) is 16.6 Å². The average Bonchev–Trinajstić information content (AvgIpc) is 3.25. The fraction of sp³-hybridized carbons (Fsp3) is 0.160. The highest BCUT2D eigenvalue weighted by atomic mass is 32.2. The Hall–Kier alpha value is -3.78. The topological polar surface area (TPSA) is 92.6 Å². The molecule has 0 radical (unpaired) electrons. The van der Waals surface area contributed by atoms with Gasteiger partial charge in [0, 0.05) is 12.1 Å². The summed E-state index contributed by atoms with van der Waals surface area (Å²) in [6.45, 7) is 4.23. The zero-order chi connectivity index (χ0) is 23.4. The van der Waals surface area contributed by atoms with Crippen LogP contribution in [0.2, 0.25) is 0 Å². The molecule has 1 heterocycles. The van der Waals surface area contributed by atoms with E-state index in [0.29, 0.717) is 35.1 Å². The normalized spacial score (nSPS) is 11.5. The maximum atomic E-state index is 13.5. The summed E-state index contributed by atoms with van der Waals surface area (Å²) in [5.74, 6) is 1.71. The lowest BCUT2D eigenvalue weighted by Gasteiger charge is -2.26. The summed E-state index contributed by atoms with van der Waals surface area (Å²) < 4.78 is 39.3. The summed E-state index contributed by atoms with van der Waals surface area (Å²) in [6, 6.07) is 23.9. The molecule has 0 aliphatic carbocycles. The van der Waals surface area contributed by atoms with Crippen LogP contribution in [0, 0.1) is 5.92 Å². The van der Waals surface area contributed by atoms with Crippen molar-refractivity contribution in [2.75, 3.05) is 10.8 Å². The predicted molar refractivity (Wildman–Crippen MR) is 127 cm³/mol. The summed E-state index contributed by atoms with van der Waals surface area (Å²) >= 11 is 0. The van der Waals surface area contributed by atoms with Gasteiger partial charge in [0.2, 0.25) is 0 Å². The van der Waals surface area contributed by atoms with Gasteiger partial charge in [-0.2, -0.15) is 5.16 Å². The number of ether oxygens (including phenoxy) is 1. The second kappa shape index (κ2) is 9.38. The second-order valence-electron chi connectivity index (χ2n) is 7.94. The standard InChI is InChI=1S/C25H24N2O5S/c1-18(2)17-27(20-10-8-19(9-11-20)24-16-25(28)26-32-24)33(29,30)23-14-12-22(13-15-23)31-21-6-4-3-5-7-21/h3-16,18H,17H2,1-2H3,(H,26,28). The highest BCUT2D eigenvalue weighted by Gasteiger charge is 2.26. The maximum absolute atomic E-state index is 13.5. The predicted octanol–water partition coefficient (Wildman–Crippen LogP) is 5.28. The fourth-order valence-corrected chi connectivity index (χ4v) is 4.95. The van der Waals surface area contributed by atoms with Gasteiger partial charge in [0.15, 0.2) is 5.76 Å². The zero-order valence-electron chi connectivity index (χ0n) is 18.3. The number of hydrogen-bond donors (Lipinski definition) is 1. The van der Waals surface area contributed by atoms with E-state index in [9.17, 15) is 13.2 Å². The Morgan fingerprint density at radius 1 is 0.909 bits per heavy atom. The molecule has 0 aliphatic heterocycles. The quantitative estimate of drug-likeness (QED) is 0.383. The number of rotatable bonds is 8. The van der Waals surface area contributed by atoms with E-state index in [2.05, 4.69) is 5.16 Å². The van der Waals surface area contributed by atoms with Crippen LogP contribution in [0.5, 0.6) is 11.5 Å². The van der Waals surface area contributed by atoms with E-state index in [-0.39, 0.29) is 16.4 Å². The lowest BCUT2D eigenvalue weighted by Crippen LogP contribution is -2.34. The van der Waals surface area contributed by atoms with Crippen LogP contribution in [-0.2, 0) is 10.0 Å². The molecule has 1 N–H and O–H groups in total. The highest BCUT2D eigenvalue weighted by molar-refractivity contribution is 7.92. The summed E-state index contributed by atoms with van der Waals surface area (Å²) in [4.78, 5) is 11.5. The monoisotopic (exact) mass is 464 g/mol. The highest BCUT2D eigenvalue weighted by Crippen LogP contribution is 2.29. The van der Waals surface area contributed by atoms with E-state index in [1.807, 2.05) is 44.2 Å². The summed E-state index contributed by atoms with van der Waals surface area (Å²) in [5, 5.41) is 2.25. The molecular formula is C25H24N2O5S. The van der Waals surface area contributed by atoms with Crippen LogP contribution in [0.15, 0.2) is 99.1 Å². The lowest BCUT2D eigenvalue weighted by atomic mass is 10.1. The number of anilines is 1. The largest absolute Gasteiger partial charge is 0.457 e. The first-order valence-corrected chi connectivity index (χ1v) is 11.9. The van der Waals surface area contributed by atoms with E-state index >= 15 is 0 Å². The Bertz CT molecular complexity index is 1360. The van der Waals surface area contributed by atoms with Gasteiger partial charge in [-0.15, -0.1) is 0 Å². The Labute approximate surface area is 192 Å².